The molecule has 2 N–H and O–H groups in total. The number of rotatable bonds is 10. The van der Waals surface area contributed by atoms with Crippen molar-refractivity contribution in [3.8, 4) is 17.0 Å². The highest BCUT2D eigenvalue weighted by Crippen LogP contribution is 2.24. The quantitative estimate of drug-likeness (QED) is 0.548. The minimum atomic E-state index is -0.372. The number of aryl methyl sites for hydroxylation is 1. The first kappa shape index (κ1) is 24.6. The Balaban J connectivity index is 1.21. The summed E-state index contributed by atoms with van der Waals surface area (Å²) in [5.74, 6) is 0.852. The van der Waals surface area contributed by atoms with Crippen molar-refractivity contribution in [1.29, 1.82) is 0 Å². The average molecular weight is 472 g/mol. The Morgan fingerprint density at radius 2 is 1.97 bits per heavy atom. The van der Waals surface area contributed by atoms with Crippen molar-refractivity contribution in [2.24, 2.45) is 0 Å². The highest BCUT2D eigenvalue weighted by Gasteiger charge is 2.31. The maximum Gasteiger partial charge on any atom is 0.221 e. The minimum Gasteiger partial charge on any atom is -0.497 e. The lowest BCUT2D eigenvalue weighted by atomic mass is 9.97. The zero-order valence-corrected chi connectivity index (χ0v) is 20.1. The van der Waals surface area contributed by atoms with Gasteiger partial charge in [-0.05, 0) is 69.5 Å². The van der Waals surface area contributed by atoms with E-state index in [-0.39, 0.29) is 30.8 Å². The molecule has 0 spiro atoms. The number of benzene rings is 1. The van der Waals surface area contributed by atoms with E-state index in [0.717, 1.165) is 55.9 Å². The largest absolute Gasteiger partial charge is 0.497 e. The van der Waals surface area contributed by atoms with E-state index >= 15 is 0 Å². The van der Waals surface area contributed by atoms with Gasteiger partial charge in [0.2, 0.25) is 5.91 Å². The topological polar surface area (TPSA) is 102 Å². The van der Waals surface area contributed by atoms with E-state index in [1.807, 2.05) is 35.1 Å². The number of nitrogens with zero attached hydrogens (tertiary/aromatic N) is 4. The second-order valence-corrected chi connectivity index (χ2v) is 9.27. The summed E-state index contributed by atoms with van der Waals surface area (Å²) in [6.45, 7) is 3.57. The van der Waals surface area contributed by atoms with Crippen molar-refractivity contribution < 1.29 is 19.4 Å². The summed E-state index contributed by atoms with van der Waals surface area (Å²) in [5.41, 5.74) is 1.80. The monoisotopic (exact) mass is 471 g/mol. The Morgan fingerprint density at radius 3 is 2.71 bits per heavy atom. The molecule has 0 unspecified atom stereocenters. The fourth-order valence-electron chi connectivity index (χ4n) is 4.81. The number of hydrogen-bond donors (Lipinski definition) is 2. The number of carbonyl (C=O) groups excluding carboxylic acids is 1. The van der Waals surface area contributed by atoms with Gasteiger partial charge in [-0.3, -0.25) is 9.48 Å². The van der Waals surface area contributed by atoms with Crippen molar-refractivity contribution in [2.75, 3.05) is 33.4 Å². The predicted molar refractivity (Wildman–Crippen MR) is 128 cm³/mol. The first-order valence-corrected chi connectivity index (χ1v) is 12.5. The Hall–Kier alpha value is -2.49. The summed E-state index contributed by atoms with van der Waals surface area (Å²) in [7, 11) is 1.65. The van der Waals surface area contributed by atoms with Crippen LogP contribution in [0.4, 0.5) is 0 Å². The summed E-state index contributed by atoms with van der Waals surface area (Å²) < 4.78 is 13.2. The van der Waals surface area contributed by atoms with E-state index in [2.05, 4.69) is 20.5 Å². The number of aliphatic hydroxyl groups excluding tert-OH is 1. The second kappa shape index (κ2) is 12.3. The fourth-order valence-corrected chi connectivity index (χ4v) is 4.81. The third-order valence-corrected chi connectivity index (χ3v) is 6.85. The molecule has 3 heterocycles. The van der Waals surface area contributed by atoms with Gasteiger partial charge in [-0.25, -0.2) is 0 Å². The normalized spacial score (nSPS) is 23.5. The van der Waals surface area contributed by atoms with Gasteiger partial charge >= 0.3 is 0 Å². The molecule has 3 atom stereocenters. The first-order chi connectivity index (χ1) is 16.6. The number of aromatic nitrogens is 3. The lowest BCUT2D eigenvalue weighted by Gasteiger charge is -2.36. The van der Waals surface area contributed by atoms with Crippen LogP contribution in [0.3, 0.4) is 0 Å². The first-order valence-electron chi connectivity index (χ1n) is 12.5. The van der Waals surface area contributed by atoms with Crippen molar-refractivity contribution in [3.63, 3.8) is 0 Å². The molecule has 1 aromatic heterocycles. The minimum absolute atomic E-state index is 0.0206. The van der Waals surface area contributed by atoms with Gasteiger partial charge in [0.15, 0.2) is 0 Å². The number of amides is 1. The highest BCUT2D eigenvalue weighted by atomic mass is 16.5. The smallest absolute Gasteiger partial charge is 0.221 e. The molecule has 0 saturated carbocycles. The van der Waals surface area contributed by atoms with E-state index in [4.69, 9.17) is 9.47 Å². The molecule has 2 fully saturated rings. The number of likely N-dealkylation sites (tertiary alicyclic amines) is 1. The highest BCUT2D eigenvalue weighted by molar-refractivity contribution is 5.76. The van der Waals surface area contributed by atoms with Gasteiger partial charge < -0.3 is 24.8 Å². The van der Waals surface area contributed by atoms with Crippen LogP contribution in [-0.2, 0) is 16.1 Å². The zero-order valence-electron chi connectivity index (χ0n) is 20.1. The summed E-state index contributed by atoms with van der Waals surface area (Å²) in [6, 6.07) is 7.60. The van der Waals surface area contributed by atoms with Gasteiger partial charge in [0.1, 0.15) is 17.5 Å². The van der Waals surface area contributed by atoms with Crippen LogP contribution in [0.2, 0.25) is 0 Å². The number of carbonyl (C=O) groups is 1. The molecular formula is C25H37N5O4. The van der Waals surface area contributed by atoms with Crippen molar-refractivity contribution in [2.45, 2.75) is 69.7 Å². The number of aliphatic hydroxyl groups is 1. The van der Waals surface area contributed by atoms with Gasteiger partial charge in [-0.1, -0.05) is 11.6 Å². The lowest BCUT2D eigenvalue weighted by Crippen LogP contribution is -2.51. The van der Waals surface area contributed by atoms with Gasteiger partial charge in [-0.15, -0.1) is 5.10 Å². The number of nitrogens with one attached hydrogen (secondary N) is 1. The number of methoxy groups -OCH3 is 1. The zero-order chi connectivity index (χ0) is 23.8. The molecule has 34 heavy (non-hydrogen) atoms. The predicted octanol–water partition coefficient (Wildman–Crippen LogP) is 2.24. The van der Waals surface area contributed by atoms with Gasteiger partial charge in [0.25, 0.3) is 0 Å². The maximum atomic E-state index is 12.5. The van der Waals surface area contributed by atoms with Crippen LogP contribution in [-0.4, -0.2) is 82.5 Å². The van der Waals surface area contributed by atoms with Gasteiger partial charge in [0.05, 0.1) is 32.1 Å². The average Bonchev–Trinajstić information content (AvgIpc) is 3.36. The lowest BCUT2D eigenvalue weighted by molar-refractivity contribution is -0.129. The summed E-state index contributed by atoms with van der Waals surface area (Å²) in [5, 5.41) is 21.5. The molecular weight excluding hydrogens is 434 g/mol. The maximum absolute atomic E-state index is 12.5. The molecule has 0 radical (unpaired) electrons. The molecule has 2 aliphatic heterocycles. The number of piperidine rings is 1. The molecule has 1 amide bonds. The van der Waals surface area contributed by atoms with Crippen molar-refractivity contribution >= 4 is 5.91 Å². The molecule has 0 aliphatic carbocycles. The van der Waals surface area contributed by atoms with Crippen LogP contribution < -0.4 is 10.1 Å². The third-order valence-electron chi connectivity index (χ3n) is 6.85. The SMILES string of the molecule is COc1ccc(-c2cn(CC[C@@H]3CC[C@@H](NC(=O)CCN4CCCCC4)[C@@H](CO)O3)nn2)cc1. The summed E-state index contributed by atoms with van der Waals surface area (Å²) >= 11 is 0. The second-order valence-electron chi connectivity index (χ2n) is 9.27. The molecule has 2 aromatic rings. The Labute approximate surface area is 201 Å². The van der Waals surface area contributed by atoms with E-state index in [1.54, 1.807) is 7.11 Å². The molecule has 4 rings (SSSR count). The van der Waals surface area contributed by atoms with Gasteiger partial charge in [-0.2, -0.15) is 0 Å². The van der Waals surface area contributed by atoms with E-state index in [9.17, 15) is 9.90 Å². The molecule has 9 heteroatoms. The number of ether oxygens (including phenoxy) is 2. The number of hydrogen-bond acceptors (Lipinski definition) is 7. The Morgan fingerprint density at radius 1 is 1.18 bits per heavy atom. The standard InChI is InChI=1S/C25H37N5O4/c1-33-20-7-5-19(6-8-20)23-17-30(28-27-23)16-11-21-9-10-22(24(18-31)34-21)26-25(32)12-15-29-13-3-2-4-14-29/h5-8,17,21-22,24,31H,2-4,9-16,18H2,1H3,(H,26,32)/t21-,22+,24+/m0/s1. The van der Waals surface area contributed by atoms with E-state index in [1.165, 1.54) is 19.3 Å². The van der Waals surface area contributed by atoms with E-state index < -0.39 is 0 Å². The van der Waals surface area contributed by atoms with Gasteiger partial charge in [0, 0.05) is 25.1 Å². The van der Waals surface area contributed by atoms with Crippen LogP contribution in [0.25, 0.3) is 11.3 Å². The molecule has 1 aromatic carbocycles. The molecule has 186 valence electrons. The van der Waals surface area contributed by atoms with Crippen LogP contribution >= 0.6 is 0 Å². The third kappa shape index (κ3) is 6.77. The van der Waals surface area contributed by atoms with Crippen LogP contribution in [0, 0.1) is 0 Å². The molecule has 9 nitrogen and oxygen atoms in total. The van der Waals surface area contributed by atoms with E-state index in [0.29, 0.717) is 13.0 Å². The van der Waals surface area contributed by atoms with Crippen LogP contribution in [0.1, 0.15) is 44.9 Å². The summed E-state index contributed by atoms with van der Waals surface area (Å²) in [6.07, 6.45) is 8.25. The Kier molecular flexibility index (Phi) is 8.90. The molecule has 0 bridgehead atoms. The molecule has 2 aliphatic rings. The Bertz CT molecular complexity index is 897. The fraction of sp³-hybridized carbons (Fsp3) is 0.640. The summed E-state index contributed by atoms with van der Waals surface area (Å²) in [4.78, 5) is 14.8. The van der Waals surface area contributed by atoms with Crippen molar-refractivity contribution in [3.05, 3.63) is 30.5 Å². The van der Waals surface area contributed by atoms with Crippen LogP contribution in [0.15, 0.2) is 30.5 Å². The van der Waals surface area contributed by atoms with Crippen molar-refractivity contribution in [1.82, 2.24) is 25.2 Å². The van der Waals surface area contributed by atoms with Crippen LogP contribution in [0.5, 0.6) is 5.75 Å². The molecule has 2 saturated heterocycles.